The molecule has 160 valence electrons. The Morgan fingerprint density at radius 2 is 1.45 bits per heavy atom. The van der Waals surface area contributed by atoms with E-state index in [1.165, 1.54) is 0 Å². The van der Waals surface area contributed by atoms with Crippen molar-refractivity contribution in [1.82, 2.24) is 4.90 Å². The van der Waals surface area contributed by atoms with Gasteiger partial charge in [0.1, 0.15) is 30.9 Å². The van der Waals surface area contributed by atoms with Crippen LogP contribution in [0.5, 0.6) is 11.5 Å². The van der Waals surface area contributed by atoms with Gasteiger partial charge in [0.25, 0.3) is 5.91 Å². The maximum atomic E-state index is 13.1. The number of hydrogen-bond acceptors (Lipinski definition) is 5. The maximum absolute atomic E-state index is 13.1. The van der Waals surface area contributed by atoms with Crippen LogP contribution in [-0.2, 0) is 4.74 Å². The number of para-hydroxylation sites is 2. The van der Waals surface area contributed by atoms with Gasteiger partial charge in [-0.3, -0.25) is 4.79 Å². The molecule has 31 heavy (non-hydrogen) atoms. The van der Waals surface area contributed by atoms with Crippen molar-refractivity contribution in [2.75, 3.05) is 38.8 Å². The number of hydrogen-bond donors (Lipinski definition) is 1. The van der Waals surface area contributed by atoms with Crippen LogP contribution in [0.4, 0.5) is 5.69 Å². The molecular weight excluding hydrogens is 392 g/mol. The summed E-state index contributed by atoms with van der Waals surface area (Å²) in [5.74, 6) is 1.58. The summed E-state index contributed by atoms with van der Waals surface area (Å²) in [5, 5.41) is 3.48. The Balaban J connectivity index is 1.41. The molecule has 1 atom stereocenters. The van der Waals surface area contributed by atoms with Crippen molar-refractivity contribution >= 4 is 11.6 Å². The summed E-state index contributed by atoms with van der Waals surface area (Å²) in [7, 11) is 1.64. The molecule has 3 aromatic carbocycles. The highest BCUT2D eigenvalue weighted by molar-refractivity contribution is 6.01. The highest BCUT2D eigenvalue weighted by atomic mass is 16.5. The van der Waals surface area contributed by atoms with E-state index >= 15 is 0 Å². The van der Waals surface area contributed by atoms with Gasteiger partial charge in [0.15, 0.2) is 0 Å². The van der Waals surface area contributed by atoms with E-state index in [1.54, 1.807) is 12.0 Å². The number of ether oxygens (including phenoxy) is 3. The fourth-order valence-electron chi connectivity index (χ4n) is 3.56. The quantitative estimate of drug-likeness (QED) is 0.524. The summed E-state index contributed by atoms with van der Waals surface area (Å²) in [6, 6.07) is 25.0. The van der Waals surface area contributed by atoms with Crippen LogP contribution in [0.15, 0.2) is 78.9 Å². The van der Waals surface area contributed by atoms with Crippen molar-refractivity contribution in [1.29, 1.82) is 0 Å². The van der Waals surface area contributed by atoms with E-state index in [0.29, 0.717) is 31.9 Å². The highest BCUT2D eigenvalue weighted by Crippen LogP contribution is 2.33. The fourth-order valence-corrected chi connectivity index (χ4v) is 3.56. The van der Waals surface area contributed by atoms with Crippen molar-refractivity contribution in [2.24, 2.45) is 0 Å². The Labute approximate surface area is 182 Å². The number of carbonyl (C=O) groups is 1. The number of carbonyl (C=O) groups excluding carboxylic acids is 1. The molecule has 4 rings (SSSR count). The minimum Gasteiger partial charge on any atom is -0.490 e. The molecule has 0 spiro atoms. The number of fused-ring (bicyclic) bond motifs is 1. The topological polar surface area (TPSA) is 60.0 Å². The van der Waals surface area contributed by atoms with Crippen LogP contribution in [0.25, 0.3) is 0 Å². The molecule has 0 fully saturated rings. The first-order valence-electron chi connectivity index (χ1n) is 10.3. The van der Waals surface area contributed by atoms with Gasteiger partial charge in [-0.25, -0.2) is 0 Å². The number of nitrogens with one attached hydrogen (secondary N) is 1. The molecule has 0 radical (unpaired) electrons. The average Bonchev–Trinajstić information content (AvgIpc) is 2.82. The molecule has 1 aliphatic rings. The summed E-state index contributed by atoms with van der Waals surface area (Å²) < 4.78 is 16.7. The molecule has 6 heteroatoms. The number of rotatable bonds is 9. The summed E-state index contributed by atoms with van der Waals surface area (Å²) in [4.78, 5) is 14.9. The van der Waals surface area contributed by atoms with Crippen LogP contribution in [0.1, 0.15) is 22.1 Å². The Morgan fingerprint density at radius 3 is 2.16 bits per heavy atom. The Bertz CT molecular complexity index is 992. The predicted molar refractivity (Wildman–Crippen MR) is 120 cm³/mol. The Morgan fingerprint density at radius 1 is 0.806 bits per heavy atom. The van der Waals surface area contributed by atoms with E-state index in [0.717, 1.165) is 22.7 Å². The van der Waals surface area contributed by atoms with E-state index < -0.39 is 0 Å². The van der Waals surface area contributed by atoms with Crippen LogP contribution < -0.4 is 14.8 Å². The molecule has 0 saturated carbocycles. The predicted octanol–water partition coefficient (Wildman–Crippen LogP) is 4.36. The lowest BCUT2D eigenvalue weighted by atomic mass is 10.0. The second-order valence-electron chi connectivity index (χ2n) is 7.16. The van der Waals surface area contributed by atoms with Crippen molar-refractivity contribution in [3.63, 3.8) is 0 Å². The van der Waals surface area contributed by atoms with Gasteiger partial charge in [-0.2, -0.15) is 0 Å². The van der Waals surface area contributed by atoms with Crippen LogP contribution in [0.3, 0.4) is 0 Å². The summed E-state index contributed by atoms with van der Waals surface area (Å²) >= 11 is 0. The summed E-state index contributed by atoms with van der Waals surface area (Å²) in [6.07, 6.45) is -0.270. The lowest BCUT2D eigenvalue weighted by Gasteiger charge is -2.38. The van der Waals surface area contributed by atoms with E-state index in [-0.39, 0.29) is 12.1 Å². The molecule has 0 saturated heterocycles. The Kier molecular flexibility index (Phi) is 6.69. The molecule has 0 bridgehead atoms. The molecule has 1 amide bonds. The first kappa shape index (κ1) is 20.8. The molecular formula is C25H26N2O4. The third kappa shape index (κ3) is 4.98. The molecule has 3 aromatic rings. The highest BCUT2D eigenvalue weighted by Gasteiger charge is 2.32. The zero-order valence-corrected chi connectivity index (χ0v) is 17.5. The molecule has 0 aromatic heterocycles. The van der Waals surface area contributed by atoms with Crippen LogP contribution in [0, 0.1) is 0 Å². The van der Waals surface area contributed by atoms with E-state index in [4.69, 9.17) is 14.2 Å². The molecule has 1 N–H and O–H groups in total. The molecule has 6 nitrogen and oxygen atoms in total. The van der Waals surface area contributed by atoms with Crippen molar-refractivity contribution in [3.8, 4) is 11.5 Å². The molecule has 1 aliphatic heterocycles. The largest absolute Gasteiger partial charge is 0.490 e. The van der Waals surface area contributed by atoms with Crippen molar-refractivity contribution in [2.45, 2.75) is 6.17 Å². The SMILES string of the molecule is COCCN1C(=O)c2ccccc2NC1c1ccc(OCCOc2ccccc2)cc1. The zero-order chi connectivity index (χ0) is 21.5. The standard InChI is InChI=1S/C25H26N2O4/c1-29-16-15-27-24(26-23-10-6-5-9-22(23)25(27)28)19-11-13-21(14-12-19)31-18-17-30-20-7-3-2-4-8-20/h2-14,24,26H,15-18H2,1H3. The smallest absolute Gasteiger partial charge is 0.257 e. The first-order valence-corrected chi connectivity index (χ1v) is 10.3. The molecule has 0 aliphatic carbocycles. The van der Waals surface area contributed by atoms with E-state index in [2.05, 4.69) is 5.32 Å². The second kappa shape index (κ2) is 10.00. The van der Waals surface area contributed by atoms with Gasteiger partial charge in [-0.05, 0) is 42.0 Å². The van der Waals surface area contributed by atoms with Gasteiger partial charge >= 0.3 is 0 Å². The van der Waals surface area contributed by atoms with E-state index in [9.17, 15) is 4.79 Å². The minimum absolute atomic E-state index is 0.00483. The van der Waals surface area contributed by atoms with Gasteiger partial charge in [0.2, 0.25) is 0 Å². The summed E-state index contributed by atoms with van der Waals surface area (Å²) in [6.45, 7) is 1.87. The fraction of sp³-hybridized carbons (Fsp3) is 0.240. The lowest BCUT2D eigenvalue weighted by molar-refractivity contribution is 0.0609. The number of methoxy groups -OCH3 is 1. The van der Waals surface area contributed by atoms with E-state index in [1.807, 2.05) is 78.9 Å². The average molecular weight is 418 g/mol. The number of anilines is 1. The number of amides is 1. The third-order valence-electron chi connectivity index (χ3n) is 5.12. The van der Waals surface area contributed by atoms with Crippen LogP contribution >= 0.6 is 0 Å². The maximum Gasteiger partial charge on any atom is 0.257 e. The number of nitrogens with zero attached hydrogens (tertiary/aromatic N) is 1. The second-order valence-corrected chi connectivity index (χ2v) is 7.16. The van der Waals surface area contributed by atoms with Gasteiger partial charge in [-0.1, -0.05) is 42.5 Å². The zero-order valence-electron chi connectivity index (χ0n) is 17.5. The van der Waals surface area contributed by atoms with Crippen LogP contribution in [-0.4, -0.2) is 44.3 Å². The Hall–Kier alpha value is -3.51. The van der Waals surface area contributed by atoms with Gasteiger partial charge in [-0.15, -0.1) is 0 Å². The monoisotopic (exact) mass is 418 g/mol. The minimum atomic E-state index is -0.270. The molecule has 1 heterocycles. The van der Waals surface area contributed by atoms with Crippen molar-refractivity contribution < 1.29 is 19.0 Å². The van der Waals surface area contributed by atoms with Crippen molar-refractivity contribution in [3.05, 3.63) is 90.0 Å². The summed E-state index contributed by atoms with van der Waals surface area (Å²) in [5.41, 5.74) is 2.49. The van der Waals surface area contributed by atoms with Gasteiger partial charge in [0.05, 0.1) is 12.2 Å². The number of benzene rings is 3. The lowest BCUT2D eigenvalue weighted by Crippen LogP contribution is -2.44. The van der Waals surface area contributed by atoms with Gasteiger partial charge in [0, 0.05) is 19.3 Å². The van der Waals surface area contributed by atoms with Crippen LogP contribution in [0.2, 0.25) is 0 Å². The third-order valence-corrected chi connectivity index (χ3v) is 5.12. The normalized spacial score (nSPS) is 15.2. The van der Waals surface area contributed by atoms with Gasteiger partial charge < -0.3 is 24.4 Å². The molecule has 1 unspecified atom stereocenters. The first-order chi connectivity index (χ1) is 15.3.